The molecule has 0 radical (unpaired) electrons. The number of hydrogen-bond donors (Lipinski definition) is 1. The van der Waals surface area contributed by atoms with Crippen molar-refractivity contribution < 1.29 is 9.47 Å². The van der Waals surface area contributed by atoms with Crippen molar-refractivity contribution >= 4 is 0 Å². The van der Waals surface area contributed by atoms with Crippen molar-refractivity contribution in [2.45, 2.75) is 44.8 Å². The summed E-state index contributed by atoms with van der Waals surface area (Å²) in [6.45, 7) is 9.07. The average Bonchev–Trinajstić information content (AvgIpc) is 2.45. The Kier molecular flexibility index (Phi) is 6.41. The minimum absolute atomic E-state index is 0.276. The Morgan fingerprint density at radius 3 is 3.11 bits per heavy atom. The summed E-state index contributed by atoms with van der Waals surface area (Å²) in [5.41, 5.74) is 0. The van der Waals surface area contributed by atoms with E-state index in [9.17, 15) is 0 Å². The summed E-state index contributed by atoms with van der Waals surface area (Å²) in [4.78, 5) is 2.43. The molecule has 2 heterocycles. The summed E-state index contributed by atoms with van der Waals surface area (Å²) in [7, 11) is 0. The van der Waals surface area contributed by atoms with Gasteiger partial charge in [-0.2, -0.15) is 0 Å². The molecule has 2 fully saturated rings. The topological polar surface area (TPSA) is 33.7 Å². The van der Waals surface area contributed by atoms with E-state index in [4.69, 9.17) is 9.47 Å². The van der Waals surface area contributed by atoms with Crippen molar-refractivity contribution in [3.05, 3.63) is 0 Å². The number of rotatable bonds is 6. The predicted octanol–water partition coefficient (Wildman–Crippen LogP) is 1.26. The van der Waals surface area contributed by atoms with Gasteiger partial charge in [-0.3, -0.25) is 4.90 Å². The van der Waals surface area contributed by atoms with Crippen LogP contribution >= 0.6 is 0 Å². The van der Waals surface area contributed by atoms with Gasteiger partial charge in [0.2, 0.25) is 0 Å². The van der Waals surface area contributed by atoms with Crippen LogP contribution in [-0.4, -0.2) is 63.0 Å². The summed E-state index contributed by atoms with van der Waals surface area (Å²) in [6, 6.07) is 0.679. The molecule has 2 aliphatic rings. The summed E-state index contributed by atoms with van der Waals surface area (Å²) in [5, 5.41) is 3.55. The van der Waals surface area contributed by atoms with Crippen LogP contribution in [0.4, 0.5) is 0 Å². The maximum absolute atomic E-state index is 5.78. The molecule has 106 valence electrons. The van der Waals surface area contributed by atoms with Crippen molar-refractivity contribution in [2.75, 3.05) is 46.0 Å². The molecule has 0 saturated carbocycles. The largest absolute Gasteiger partial charge is 0.379 e. The molecule has 2 atom stereocenters. The van der Waals surface area contributed by atoms with E-state index >= 15 is 0 Å². The lowest BCUT2D eigenvalue weighted by Crippen LogP contribution is -2.44. The van der Waals surface area contributed by atoms with Crippen molar-refractivity contribution in [3.63, 3.8) is 0 Å². The molecule has 2 rings (SSSR count). The Balaban J connectivity index is 1.52. The van der Waals surface area contributed by atoms with Gasteiger partial charge in [-0.25, -0.2) is 0 Å². The van der Waals surface area contributed by atoms with Crippen LogP contribution in [-0.2, 0) is 9.47 Å². The van der Waals surface area contributed by atoms with Gasteiger partial charge in [0.05, 0.1) is 19.3 Å². The van der Waals surface area contributed by atoms with Crippen LogP contribution in [0.5, 0.6) is 0 Å². The summed E-state index contributed by atoms with van der Waals surface area (Å²) >= 11 is 0. The van der Waals surface area contributed by atoms with Crippen LogP contribution in [0.1, 0.15) is 32.6 Å². The van der Waals surface area contributed by atoms with Crippen molar-refractivity contribution in [2.24, 2.45) is 0 Å². The second kappa shape index (κ2) is 8.10. The Bertz CT molecular complexity index is 220. The van der Waals surface area contributed by atoms with Crippen LogP contribution in [0.2, 0.25) is 0 Å². The molecule has 2 aliphatic heterocycles. The second-order valence-corrected chi connectivity index (χ2v) is 5.40. The molecule has 2 saturated heterocycles. The maximum Gasteiger partial charge on any atom is 0.0935 e. The molecule has 0 aromatic carbocycles. The van der Waals surface area contributed by atoms with Gasteiger partial charge in [-0.15, -0.1) is 0 Å². The smallest absolute Gasteiger partial charge is 0.0935 e. The highest BCUT2D eigenvalue weighted by Gasteiger charge is 2.19. The Labute approximate surface area is 111 Å². The number of morpholine rings is 1. The Hall–Kier alpha value is -0.160. The molecule has 18 heavy (non-hydrogen) atoms. The van der Waals surface area contributed by atoms with Gasteiger partial charge in [0, 0.05) is 25.7 Å². The number of nitrogens with zero attached hydrogens (tertiary/aromatic N) is 1. The van der Waals surface area contributed by atoms with E-state index < -0.39 is 0 Å². The number of piperidine rings is 1. The van der Waals surface area contributed by atoms with Gasteiger partial charge < -0.3 is 14.8 Å². The standard InChI is InChI=1S/C14H28N2O2/c1-2-16-8-10-18-14(11-16)12-17-9-6-13-5-3-4-7-15-13/h13-15H,2-12H2,1H3. The highest BCUT2D eigenvalue weighted by molar-refractivity contribution is 4.73. The van der Waals surface area contributed by atoms with E-state index in [0.717, 1.165) is 45.9 Å². The van der Waals surface area contributed by atoms with Crippen LogP contribution in [0.15, 0.2) is 0 Å². The van der Waals surface area contributed by atoms with Crippen molar-refractivity contribution in [1.82, 2.24) is 10.2 Å². The summed E-state index contributed by atoms with van der Waals surface area (Å²) in [5.74, 6) is 0. The number of likely N-dealkylation sites (N-methyl/N-ethyl adjacent to an activating group) is 1. The van der Waals surface area contributed by atoms with Crippen LogP contribution in [0.25, 0.3) is 0 Å². The number of hydrogen-bond acceptors (Lipinski definition) is 4. The molecular weight excluding hydrogens is 228 g/mol. The third-order valence-electron chi connectivity index (χ3n) is 4.00. The fourth-order valence-electron chi connectivity index (χ4n) is 2.78. The summed E-state index contributed by atoms with van der Waals surface area (Å²) in [6.07, 6.45) is 5.43. The molecule has 0 aliphatic carbocycles. The van der Waals surface area contributed by atoms with E-state index in [2.05, 4.69) is 17.1 Å². The van der Waals surface area contributed by atoms with E-state index in [1.54, 1.807) is 0 Å². The van der Waals surface area contributed by atoms with Crippen molar-refractivity contribution in [1.29, 1.82) is 0 Å². The SMILES string of the molecule is CCN1CCOC(COCCC2CCCCN2)C1. The zero-order valence-corrected chi connectivity index (χ0v) is 11.7. The molecular formula is C14H28N2O2. The minimum Gasteiger partial charge on any atom is -0.379 e. The molecule has 4 nitrogen and oxygen atoms in total. The third-order valence-corrected chi connectivity index (χ3v) is 4.00. The minimum atomic E-state index is 0.276. The van der Waals surface area contributed by atoms with Crippen molar-refractivity contribution in [3.8, 4) is 0 Å². The Morgan fingerprint density at radius 2 is 2.33 bits per heavy atom. The fraction of sp³-hybridized carbons (Fsp3) is 1.00. The van der Waals surface area contributed by atoms with Crippen LogP contribution in [0.3, 0.4) is 0 Å². The van der Waals surface area contributed by atoms with Gasteiger partial charge in [0.1, 0.15) is 0 Å². The summed E-state index contributed by atoms with van der Waals surface area (Å²) < 4.78 is 11.5. The first-order valence-electron chi connectivity index (χ1n) is 7.53. The lowest BCUT2D eigenvalue weighted by Gasteiger charge is -2.32. The van der Waals surface area contributed by atoms with Crippen LogP contribution < -0.4 is 5.32 Å². The van der Waals surface area contributed by atoms with Gasteiger partial charge in [-0.05, 0) is 32.4 Å². The monoisotopic (exact) mass is 256 g/mol. The molecule has 1 N–H and O–H groups in total. The lowest BCUT2D eigenvalue weighted by atomic mass is 10.0. The zero-order valence-electron chi connectivity index (χ0n) is 11.7. The first-order valence-corrected chi connectivity index (χ1v) is 7.53. The molecule has 4 heteroatoms. The Morgan fingerprint density at radius 1 is 1.39 bits per heavy atom. The normalized spacial score (nSPS) is 30.5. The lowest BCUT2D eigenvalue weighted by molar-refractivity contribution is -0.0688. The molecule has 0 aromatic heterocycles. The quantitative estimate of drug-likeness (QED) is 0.725. The van der Waals surface area contributed by atoms with E-state index in [-0.39, 0.29) is 6.10 Å². The van der Waals surface area contributed by atoms with E-state index in [1.165, 1.54) is 25.8 Å². The molecule has 2 unspecified atom stereocenters. The molecule has 0 amide bonds. The van der Waals surface area contributed by atoms with E-state index in [0.29, 0.717) is 6.04 Å². The van der Waals surface area contributed by atoms with Gasteiger partial charge >= 0.3 is 0 Å². The fourth-order valence-corrected chi connectivity index (χ4v) is 2.78. The zero-order chi connectivity index (χ0) is 12.6. The average molecular weight is 256 g/mol. The first-order chi connectivity index (χ1) is 8.88. The van der Waals surface area contributed by atoms with E-state index in [1.807, 2.05) is 0 Å². The third kappa shape index (κ3) is 4.84. The van der Waals surface area contributed by atoms with Gasteiger partial charge in [-0.1, -0.05) is 13.3 Å². The maximum atomic E-state index is 5.78. The van der Waals surface area contributed by atoms with Gasteiger partial charge in [0.25, 0.3) is 0 Å². The van der Waals surface area contributed by atoms with Crippen LogP contribution in [0, 0.1) is 0 Å². The number of ether oxygens (including phenoxy) is 2. The molecule has 0 bridgehead atoms. The first kappa shape index (κ1) is 14.3. The second-order valence-electron chi connectivity index (χ2n) is 5.40. The molecule has 0 aromatic rings. The highest BCUT2D eigenvalue weighted by Crippen LogP contribution is 2.10. The molecule has 0 spiro atoms. The highest BCUT2D eigenvalue weighted by atomic mass is 16.5. The number of nitrogens with one attached hydrogen (secondary N) is 1. The predicted molar refractivity (Wildman–Crippen MR) is 72.9 cm³/mol. The van der Waals surface area contributed by atoms with Gasteiger partial charge in [0.15, 0.2) is 0 Å².